The lowest BCUT2D eigenvalue weighted by atomic mass is 9.86. The summed E-state index contributed by atoms with van der Waals surface area (Å²) in [7, 11) is 0. The molecule has 2 nitrogen and oxygen atoms in total. The van der Waals surface area contributed by atoms with Gasteiger partial charge in [-0.1, -0.05) is 48.5 Å². The van der Waals surface area contributed by atoms with Crippen LogP contribution in [-0.2, 0) is 18.4 Å². The van der Waals surface area contributed by atoms with E-state index < -0.39 is 0 Å². The van der Waals surface area contributed by atoms with Gasteiger partial charge in [0.2, 0.25) is 0 Å². The van der Waals surface area contributed by atoms with Crippen LogP contribution in [0, 0.1) is 0 Å². The molecule has 2 heteroatoms. The Bertz CT molecular complexity index is 762. The minimum absolute atomic E-state index is 0.336. The first-order valence-electron chi connectivity index (χ1n) is 6.95. The molecule has 1 aromatic heterocycles. The molecule has 0 spiro atoms. The Hall–Kier alpha value is -2.19. The molecule has 0 fully saturated rings. The van der Waals surface area contributed by atoms with Crippen LogP contribution in [-0.4, -0.2) is 4.98 Å². The maximum atomic E-state index is 6.76. The van der Waals surface area contributed by atoms with E-state index in [1.54, 1.807) is 0 Å². The zero-order chi connectivity index (χ0) is 13.6. The number of rotatable bonds is 1. The van der Waals surface area contributed by atoms with E-state index in [0.29, 0.717) is 0 Å². The third-order valence-electron chi connectivity index (χ3n) is 4.33. The van der Waals surface area contributed by atoms with Crippen LogP contribution in [0.3, 0.4) is 0 Å². The Labute approximate surface area is 118 Å². The molecule has 1 heterocycles. The number of fused-ring (bicyclic) bond motifs is 2. The van der Waals surface area contributed by atoms with Gasteiger partial charge in [0.25, 0.3) is 0 Å². The molecular weight excluding hydrogens is 244 g/mol. The SMILES string of the molecule is NC1(c2cncc3ccccc23)Cc2ccccc2C1. The largest absolute Gasteiger partial charge is 0.321 e. The molecular formula is C18H16N2. The van der Waals surface area contributed by atoms with Gasteiger partial charge in [-0.15, -0.1) is 0 Å². The second-order valence-electron chi connectivity index (χ2n) is 5.69. The van der Waals surface area contributed by atoms with Gasteiger partial charge >= 0.3 is 0 Å². The molecule has 0 saturated carbocycles. The van der Waals surface area contributed by atoms with Crippen molar-refractivity contribution in [1.82, 2.24) is 4.98 Å². The molecule has 0 bridgehead atoms. The summed E-state index contributed by atoms with van der Waals surface area (Å²) in [5.41, 5.74) is 10.3. The third kappa shape index (κ3) is 1.65. The molecule has 0 saturated heterocycles. The molecule has 0 radical (unpaired) electrons. The van der Waals surface area contributed by atoms with Crippen LogP contribution < -0.4 is 5.73 Å². The fraction of sp³-hybridized carbons (Fsp3) is 0.167. The molecule has 1 aliphatic carbocycles. The predicted octanol–water partition coefficient (Wildman–Crippen LogP) is 3.19. The molecule has 4 rings (SSSR count). The molecule has 3 aromatic rings. The molecule has 0 atom stereocenters. The zero-order valence-corrected chi connectivity index (χ0v) is 11.2. The van der Waals surface area contributed by atoms with Crippen molar-refractivity contribution in [3.63, 3.8) is 0 Å². The lowest BCUT2D eigenvalue weighted by molar-refractivity contribution is 0.476. The molecule has 0 aliphatic heterocycles. The van der Waals surface area contributed by atoms with E-state index in [1.165, 1.54) is 16.5 Å². The van der Waals surface area contributed by atoms with Crippen LogP contribution in [0.2, 0.25) is 0 Å². The lowest BCUT2D eigenvalue weighted by Gasteiger charge is -2.25. The lowest BCUT2D eigenvalue weighted by Crippen LogP contribution is -2.37. The summed E-state index contributed by atoms with van der Waals surface area (Å²) in [6.45, 7) is 0. The van der Waals surface area contributed by atoms with Crippen LogP contribution in [0.25, 0.3) is 10.8 Å². The van der Waals surface area contributed by atoms with Gasteiger partial charge in [-0.3, -0.25) is 4.98 Å². The summed E-state index contributed by atoms with van der Waals surface area (Å²) in [5.74, 6) is 0. The summed E-state index contributed by atoms with van der Waals surface area (Å²) in [5, 5.41) is 2.38. The van der Waals surface area contributed by atoms with Crippen LogP contribution >= 0.6 is 0 Å². The summed E-state index contributed by atoms with van der Waals surface area (Å²) >= 11 is 0. The smallest absolute Gasteiger partial charge is 0.0512 e. The van der Waals surface area contributed by atoms with E-state index in [9.17, 15) is 0 Å². The molecule has 98 valence electrons. The number of hydrogen-bond donors (Lipinski definition) is 1. The van der Waals surface area contributed by atoms with Crippen molar-refractivity contribution in [2.75, 3.05) is 0 Å². The minimum atomic E-state index is -0.336. The molecule has 1 aliphatic rings. The molecule has 0 amide bonds. The van der Waals surface area contributed by atoms with Crippen molar-refractivity contribution in [3.8, 4) is 0 Å². The van der Waals surface area contributed by atoms with E-state index in [1.807, 2.05) is 18.5 Å². The van der Waals surface area contributed by atoms with E-state index in [-0.39, 0.29) is 5.54 Å². The summed E-state index contributed by atoms with van der Waals surface area (Å²) in [4.78, 5) is 4.39. The first-order chi connectivity index (χ1) is 9.76. The first-order valence-corrected chi connectivity index (χ1v) is 6.95. The molecule has 2 N–H and O–H groups in total. The van der Waals surface area contributed by atoms with Crippen molar-refractivity contribution in [2.45, 2.75) is 18.4 Å². The highest BCUT2D eigenvalue weighted by molar-refractivity contribution is 5.85. The van der Waals surface area contributed by atoms with E-state index >= 15 is 0 Å². The Morgan fingerprint density at radius 1 is 0.850 bits per heavy atom. The third-order valence-corrected chi connectivity index (χ3v) is 4.33. The summed E-state index contributed by atoms with van der Waals surface area (Å²) in [6, 6.07) is 16.9. The van der Waals surface area contributed by atoms with Crippen molar-refractivity contribution >= 4 is 10.8 Å². The van der Waals surface area contributed by atoms with Crippen LogP contribution in [0.15, 0.2) is 60.9 Å². The molecule has 2 aromatic carbocycles. The Morgan fingerprint density at radius 2 is 1.50 bits per heavy atom. The Kier molecular flexibility index (Phi) is 2.41. The second-order valence-corrected chi connectivity index (χ2v) is 5.69. The van der Waals surface area contributed by atoms with Crippen molar-refractivity contribution in [1.29, 1.82) is 0 Å². The quantitative estimate of drug-likeness (QED) is 0.730. The Morgan fingerprint density at radius 3 is 2.25 bits per heavy atom. The highest BCUT2D eigenvalue weighted by atomic mass is 14.8. The maximum absolute atomic E-state index is 6.76. The van der Waals surface area contributed by atoms with Gasteiger partial charge in [-0.25, -0.2) is 0 Å². The van der Waals surface area contributed by atoms with Gasteiger partial charge in [-0.05, 0) is 34.9 Å². The van der Waals surface area contributed by atoms with E-state index in [2.05, 4.69) is 47.4 Å². The highest BCUT2D eigenvalue weighted by Gasteiger charge is 2.36. The number of nitrogens with zero attached hydrogens (tertiary/aromatic N) is 1. The van der Waals surface area contributed by atoms with Crippen LogP contribution in [0.4, 0.5) is 0 Å². The average Bonchev–Trinajstić information content (AvgIpc) is 2.84. The van der Waals surface area contributed by atoms with Gasteiger partial charge in [0.05, 0.1) is 5.54 Å². The normalized spacial score (nSPS) is 16.2. The minimum Gasteiger partial charge on any atom is -0.321 e. The van der Waals surface area contributed by atoms with Gasteiger partial charge in [0.1, 0.15) is 0 Å². The first kappa shape index (κ1) is 11.6. The zero-order valence-electron chi connectivity index (χ0n) is 11.2. The Balaban J connectivity index is 1.89. The van der Waals surface area contributed by atoms with Gasteiger partial charge in [0, 0.05) is 17.8 Å². The number of benzene rings is 2. The van der Waals surface area contributed by atoms with E-state index in [4.69, 9.17) is 5.73 Å². The van der Waals surface area contributed by atoms with E-state index in [0.717, 1.165) is 23.8 Å². The van der Waals surface area contributed by atoms with Gasteiger partial charge in [-0.2, -0.15) is 0 Å². The standard InChI is InChI=1S/C18H16N2/c19-18(9-13-5-1-2-6-14(13)10-18)17-12-20-11-15-7-3-4-8-16(15)17/h1-8,11-12H,9-10,19H2. The molecule has 0 unspecified atom stereocenters. The van der Waals surface area contributed by atoms with Crippen molar-refractivity contribution < 1.29 is 0 Å². The van der Waals surface area contributed by atoms with Crippen LogP contribution in [0.1, 0.15) is 16.7 Å². The van der Waals surface area contributed by atoms with Gasteiger partial charge in [0.15, 0.2) is 0 Å². The summed E-state index contributed by atoms with van der Waals surface area (Å²) in [6.07, 6.45) is 5.62. The average molecular weight is 260 g/mol. The highest BCUT2D eigenvalue weighted by Crippen LogP contribution is 2.38. The monoisotopic (exact) mass is 260 g/mol. The number of aromatic nitrogens is 1. The number of nitrogens with two attached hydrogens (primary N) is 1. The number of pyridine rings is 1. The topological polar surface area (TPSA) is 38.9 Å². The fourth-order valence-electron chi connectivity index (χ4n) is 3.35. The predicted molar refractivity (Wildman–Crippen MR) is 81.5 cm³/mol. The van der Waals surface area contributed by atoms with Gasteiger partial charge < -0.3 is 5.73 Å². The van der Waals surface area contributed by atoms with Crippen molar-refractivity contribution in [2.24, 2.45) is 5.73 Å². The summed E-state index contributed by atoms with van der Waals surface area (Å²) < 4.78 is 0. The molecule has 20 heavy (non-hydrogen) atoms. The fourth-order valence-corrected chi connectivity index (χ4v) is 3.35. The maximum Gasteiger partial charge on any atom is 0.0512 e. The second kappa shape index (κ2) is 4.15. The van der Waals surface area contributed by atoms with Crippen LogP contribution in [0.5, 0.6) is 0 Å². The van der Waals surface area contributed by atoms with Crippen molar-refractivity contribution in [3.05, 3.63) is 77.6 Å². The number of hydrogen-bond acceptors (Lipinski definition) is 2.